The van der Waals surface area contributed by atoms with Crippen LogP contribution in [0, 0.1) is 5.82 Å². The Morgan fingerprint density at radius 2 is 2.04 bits per heavy atom. The Balaban J connectivity index is 1.66. The zero-order valence-corrected chi connectivity index (χ0v) is 15.3. The number of benzene rings is 1. The Hall–Kier alpha value is -2.97. The molecule has 0 N–H and O–H groups in total. The Bertz CT molecular complexity index is 1180. The van der Waals surface area contributed by atoms with Crippen molar-refractivity contribution in [3.05, 3.63) is 81.6 Å². The van der Waals surface area contributed by atoms with Crippen LogP contribution >= 0.6 is 23.1 Å². The summed E-state index contributed by atoms with van der Waals surface area (Å²) in [5.41, 5.74) is 1.52. The van der Waals surface area contributed by atoms with Gasteiger partial charge in [0.25, 0.3) is 5.56 Å². The van der Waals surface area contributed by atoms with Crippen molar-refractivity contribution in [2.75, 3.05) is 0 Å². The smallest absolute Gasteiger partial charge is 0.267 e. The summed E-state index contributed by atoms with van der Waals surface area (Å²) < 4.78 is 18.9. The minimum Gasteiger partial charge on any atom is -0.268 e. The van der Waals surface area contributed by atoms with Crippen LogP contribution in [-0.4, -0.2) is 24.1 Å². The van der Waals surface area contributed by atoms with E-state index in [0.717, 1.165) is 11.8 Å². The molecule has 134 valence electrons. The van der Waals surface area contributed by atoms with E-state index in [-0.39, 0.29) is 12.1 Å². The van der Waals surface area contributed by atoms with Crippen molar-refractivity contribution in [3.8, 4) is 22.1 Å². The van der Waals surface area contributed by atoms with Gasteiger partial charge in [-0.1, -0.05) is 23.7 Å². The lowest BCUT2D eigenvalue weighted by Gasteiger charge is -2.05. The second-order valence-electron chi connectivity index (χ2n) is 5.66. The third kappa shape index (κ3) is 3.91. The van der Waals surface area contributed by atoms with E-state index in [1.807, 2.05) is 12.1 Å². The Kier molecular flexibility index (Phi) is 4.74. The van der Waals surface area contributed by atoms with Gasteiger partial charge in [-0.25, -0.2) is 14.1 Å². The average molecular weight is 400 g/mol. The molecule has 0 amide bonds. The monoisotopic (exact) mass is 399 g/mol. The van der Waals surface area contributed by atoms with Crippen LogP contribution in [-0.2, 0) is 6.54 Å². The molecule has 3 heterocycles. The summed E-state index contributed by atoms with van der Waals surface area (Å²) in [4.78, 5) is 20.4. The fourth-order valence-electron chi connectivity index (χ4n) is 2.46. The minimum absolute atomic E-state index is 0.0999. The van der Waals surface area contributed by atoms with Crippen LogP contribution in [0.1, 0.15) is 5.56 Å². The quantitative estimate of drug-likeness (QED) is 0.523. The third-order valence-electron chi connectivity index (χ3n) is 3.69. The lowest BCUT2D eigenvalue weighted by Crippen LogP contribution is -2.23. The highest BCUT2D eigenvalue weighted by molar-refractivity contribution is 7.09. The van der Waals surface area contributed by atoms with Gasteiger partial charge in [0.05, 0.1) is 12.7 Å². The van der Waals surface area contributed by atoms with Crippen molar-refractivity contribution < 1.29 is 4.39 Å². The Labute approximate surface area is 162 Å². The lowest BCUT2D eigenvalue weighted by molar-refractivity contribution is 0.604. The van der Waals surface area contributed by atoms with Gasteiger partial charge < -0.3 is 0 Å². The van der Waals surface area contributed by atoms with E-state index in [9.17, 15) is 9.18 Å². The zero-order chi connectivity index (χ0) is 18.8. The highest BCUT2D eigenvalue weighted by Crippen LogP contribution is 2.26. The normalized spacial score (nSPS) is 10.9. The number of rotatable bonds is 4. The van der Waals surface area contributed by atoms with Gasteiger partial charge in [0.1, 0.15) is 16.5 Å². The topological polar surface area (TPSA) is 73.6 Å². The average Bonchev–Trinajstić information content (AvgIpc) is 3.14. The van der Waals surface area contributed by atoms with Crippen LogP contribution in [0.4, 0.5) is 4.39 Å². The van der Waals surface area contributed by atoms with Crippen LogP contribution in [0.15, 0.2) is 59.7 Å². The van der Waals surface area contributed by atoms with Crippen LogP contribution in [0.2, 0.25) is 5.02 Å². The summed E-state index contributed by atoms with van der Waals surface area (Å²) in [5.74, 6) is -0.0647. The first-order chi connectivity index (χ1) is 13.1. The maximum absolute atomic E-state index is 13.3. The molecule has 0 bridgehead atoms. The number of pyridine rings is 1. The van der Waals surface area contributed by atoms with Crippen LogP contribution in [0.5, 0.6) is 0 Å². The second kappa shape index (κ2) is 7.34. The van der Waals surface area contributed by atoms with Gasteiger partial charge in [0, 0.05) is 22.8 Å². The van der Waals surface area contributed by atoms with E-state index in [4.69, 9.17) is 11.6 Å². The summed E-state index contributed by atoms with van der Waals surface area (Å²) in [6, 6.07) is 11.6. The molecule has 3 aromatic heterocycles. The van der Waals surface area contributed by atoms with E-state index in [1.165, 1.54) is 34.5 Å². The molecule has 6 nitrogen and oxygen atoms in total. The maximum Gasteiger partial charge on any atom is 0.267 e. The number of hydrogen-bond donors (Lipinski definition) is 0. The van der Waals surface area contributed by atoms with Gasteiger partial charge in [-0.2, -0.15) is 9.47 Å². The molecule has 0 aliphatic rings. The molecule has 0 saturated heterocycles. The maximum atomic E-state index is 13.3. The number of halogens is 2. The summed E-state index contributed by atoms with van der Waals surface area (Å²) in [6.07, 6.45) is 2.59. The van der Waals surface area contributed by atoms with Gasteiger partial charge in [0.2, 0.25) is 0 Å². The molecule has 27 heavy (non-hydrogen) atoms. The SMILES string of the molecule is O=c1ccc(-c2nsc(-c3cccc(Cl)c3)n2)nn1Cc1cncc(F)c1. The molecule has 4 aromatic rings. The van der Waals surface area contributed by atoms with E-state index in [2.05, 4.69) is 19.4 Å². The molecular formula is C18H11ClFN5OS. The molecule has 0 aliphatic carbocycles. The van der Waals surface area contributed by atoms with E-state index < -0.39 is 5.82 Å². The molecular weight excluding hydrogens is 389 g/mol. The first-order valence-corrected chi connectivity index (χ1v) is 9.01. The highest BCUT2D eigenvalue weighted by Gasteiger charge is 2.12. The number of nitrogens with zero attached hydrogens (tertiary/aromatic N) is 5. The molecule has 4 rings (SSSR count). The molecule has 9 heteroatoms. The molecule has 0 aliphatic heterocycles. The fraction of sp³-hybridized carbons (Fsp3) is 0.0556. The van der Waals surface area contributed by atoms with Gasteiger partial charge in [-0.05, 0) is 41.4 Å². The van der Waals surface area contributed by atoms with E-state index >= 15 is 0 Å². The van der Waals surface area contributed by atoms with E-state index in [1.54, 1.807) is 18.2 Å². The predicted molar refractivity (Wildman–Crippen MR) is 101 cm³/mol. The third-order valence-corrected chi connectivity index (χ3v) is 4.69. The Morgan fingerprint density at radius 1 is 1.15 bits per heavy atom. The summed E-state index contributed by atoms with van der Waals surface area (Å²) >= 11 is 7.23. The van der Waals surface area contributed by atoms with Crippen molar-refractivity contribution in [2.24, 2.45) is 0 Å². The number of hydrogen-bond acceptors (Lipinski definition) is 6. The van der Waals surface area contributed by atoms with Gasteiger partial charge in [-0.15, -0.1) is 0 Å². The van der Waals surface area contributed by atoms with Gasteiger partial charge >= 0.3 is 0 Å². The molecule has 0 unspecified atom stereocenters. The highest BCUT2D eigenvalue weighted by atomic mass is 35.5. The van der Waals surface area contributed by atoms with Crippen molar-refractivity contribution in [3.63, 3.8) is 0 Å². The largest absolute Gasteiger partial charge is 0.268 e. The van der Waals surface area contributed by atoms with E-state index in [0.29, 0.717) is 27.1 Å². The second-order valence-corrected chi connectivity index (χ2v) is 6.85. The van der Waals surface area contributed by atoms with Crippen LogP contribution < -0.4 is 5.56 Å². The lowest BCUT2D eigenvalue weighted by atomic mass is 10.2. The standard InChI is InChI=1S/C18H11ClFN5OS/c19-13-3-1-2-12(7-13)18-22-17(24-27-18)15-4-5-16(26)25(23-15)10-11-6-14(20)9-21-8-11/h1-9H,10H2. The molecule has 0 radical (unpaired) electrons. The summed E-state index contributed by atoms with van der Waals surface area (Å²) in [6.45, 7) is 0.0999. The molecule has 0 fully saturated rings. The van der Waals surface area contributed by atoms with Gasteiger partial charge in [-0.3, -0.25) is 9.78 Å². The summed E-state index contributed by atoms with van der Waals surface area (Å²) in [5, 5.41) is 5.61. The molecule has 0 saturated carbocycles. The molecule has 0 spiro atoms. The summed E-state index contributed by atoms with van der Waals surface area (Å²) in [7, 11) is 0. The zero-order valence-electron chi connectivity index (χ0n) is 13.7. The van der Waals surface area contributed by atoms with Crippen molar-refractivity contribution in [2.45, 2.75) is 6.54 Å². The van der Waals surface area contributed by atoms with Crippen molar-refractivity contribution in [1.29, 1.82) is 0 Å². The van der Waals surface area contributed by atoms with Crippen molar-refractivity contribution >= 4 is 23.1 Å². The number of aromatic nitrogens is 5. The van der Waals surface area contributed by atoms with Gasteiger partial charge in [0.15, 0.2) is 5.82 Å². The minimum atomic E-state index is -0.468. The van der Waals surface area contributed by atoms with Crippen molar-refractivity contribution in [1.82, 2.24) is 24.1 Å². The fourth-order valence-corrected chi connectivity index (χ4v) is 3.32. The predicted octanol–water partition coefficient (Wildman–Crippen LogP) is 3.66. The molecule has 1 aromatic carbocycles. The van der Waals surface area contributed by atoms with Crippen LogP contribution in [0.3, 0.4) is 0 Å². The van der Waals surface area contributed by atoms with Crippen LogP contribution in [0.25, 0.3) is 22.1 Å². The first-order valence-electron chi connectivity index (χ1n) is 7.86. The molecule has 0 atom stereocenters. The first kappa shape index (κ1) is 17.4. The Morgan fingerprint density at radius 3 is 2.85 bits per heavy atom.